The van der Waals surface area contributed by atoms with Crippen LogP contribution in [0.5, 0.6) is 5.75 Å². The van der Waals surface area contributed by atoms with Gasteiger partial charge in [-0.2, -0.15) is 0 Å². The van der Waals surface area contributed by atoms with E-state index in [2.05, 4.69) is 37.2 Å². The third kappa shape index (κ3) is 3.79. The fourth-order valence-corrected chi connectivity index (χ4v) is 2.27. The van der Waals surface area contributed by atoms with E-state index in [4.69, 9.17) is 4.74 Å². The second-order valence-corrected chi connectivity index (χ2v) is 5.00. The van der Waals surface area contributed by atoms with Crippen molar-refractivity contribution in [3.63, 3.8) is 0 Å². The second-order valence-electron chi connectivity index (χ2n) is 3.23. The molecule has 0 radical (unpaired) electrons. The summed E-state index contributed by atoms with van der Waals surface area (Å²) in [5, 5.41) is 2.71. The molecule has 0 aliphatic heterocycles. The van der Waals surface area contributed by atoms with Crippen molar-refractivity contribution < 1.29 is 9.53 Å². The molecule has 0 unspecified atom stereocenters. The molecular formula is C11H13Br2NO2. The first kappa shape index (κ1) is 13.5. The Balaban J connectivity index is 2.69. The number of nitrogens with one attached hydrogen (secondary N) is 1. The number of hydrogen-bond acceptors (Lipinski definition) is 2. The van der Waals surface area contributed by atoms with Gasteiger partial charge in [0, 0.05) is 11.0 Å². The number of hydrogen-bond donors (Lipinski definition) is 1. The topological polar surface area (TPSA) is 38.3 Å². The standard InChI is InChI=1S/C11H13Br2NO2/c1-3-14-11(15)7(2)16-10-5-4-8(12)6-9(10)13/h4-7H,3H2,1-2H3,(H,14,15)/t7-/m0/s1. The average molecular weight is 351 g/mol. The van der Waals surface area contributed by atoms with Crippen LogP contribution in [0.15, 0.2) is 27.1 Å². The highest BCUT2D eigenvalue weighted by molar-refractivity contribution is 9.11. The molecule has 1 atom stereocenters. The molecule has 0 bridgehead atoms. The Hall–Kier alpha value is -0.550. The Bertz CT molecular complexity index is 382. The molecular weight excluding hydrogens is 338 g/mol. The van der Waals surface area contributed by atoms with Crippen LogP contribution in [0.4, 0.5) is 0 Å². The molecule has 0 saturated carbocycles. The normalized spacial score (nSPS) is 12.0. The van der Waals surface area contributed by atoms with Gasteiger partial charge in [0.1, 0.15) is 5.75 Å². The monoisotopic (exact) mass is 349 g/mol. The predicted molar refractivity (Wildman–Crippen MR) is 70.6 cm³/mol. The van der Waals surface area contributed by atoms with Crippen molar-refractivity contribution in [3.8, 4) is 5.75 Å². The molecule has 3 nitrogen and oxygen atoms in total. The van der Waals surface area contributed by atoms with Gasteiger partial charge in [-0.1, -0.05) is 15.9 Å². The van der Waals surface area contributed by atoms with E-state index in [-0.39, 0.29) is 5.91 Å². The summed E-state index contributed by atoms with van der Waals surface area (Å²) in [5.74, 6) is 0.541. The van der Waals surface area contributed by atoms with E-state index < -0.39 is 6.10 Å². The quantitative estimate of drug-likeness (QED) is 0.906. The first-order valence-corrected chi connectivity index (χ1v) is 6.52. The fourth-order valence-electron chi connectivity index (χ4n) is 1.13. The van der Waals surface area contributed by atoms with Crippen LogP contribution in [0.3, 0.4) is 0 Å². The summed E-state index contributed by atoms with van der Waals surface area (Å²) < 4.78 is 7.31. The van der Waals surface area contributed by atoms with E-state index in [1.807, 2.05) is 25.1 Å². The van der Waals surface area contributed by atoms with Gasteiger partial charge in [0.05, 0.1) is 4.47 Å². The van der Waals surface area contributed by atoms with Crippen molar-refractivity contribution in [2.75, 3.05) is 6.54 Å². The predicted octanol–water partition coefficient (Wildman–Crippen LogP) is 3.12. The Morgan fingerprint density at radius 1 is 1.50 bits per heavy atom. The summed E-state index contributed by atoms with van der Waals surface area (Å²) in [6.45, 7) is 4.20. The zero-order valence-corrected chi connectivity index (χ0v) is 12.3. The van der Waals surface area contributed by atoms with E-state index >= 15 is 0 Å². The van der Waals surface area contributed by atoms with Crippen LogP contribution in [0.25, 0.3) is 0 Å². The lowest BCUT2D eigenvalue weighted by Gasteiger charge is -2.15. The Morgan fingerprint density at radius 3 is 2.75 bits per heavy atom. The minimum Gasteiger partial charge on any atom is -0.480 e. The Morgan fingerprint density at radius 2 is 2.19 bits per heavy atom. The highest BCUT2D eigenvalue weighted by atomic mass is 79.9. The van der Waals surface area contributed by atoms with Gasteiger partial charge in [0.25, 0.3) is 5.91 Å². The highest BCUT2D eigenvalue weighted by Crippen LogP contribution is 2.28. The minimum absolute atomic E-state index is 0.114. The number of ether oxygens (including phenoxy) is 1. The molecule has 1 rings (SSSR count). The number of carbonyl (C=O) groups excluding carboxylic acids is 1. The molecule has 1 aromatic carbocycles. The van der Waals surface area contributed by atoms with E-state index in [0.717, 1.165) is 8.95 Å². The van der Waals surface area contributed by atoms with Gasteiger partial charge in [0.2, 0.25) is 0 Å². The lowest BCUT2D eigenvalue weighted by atomic mass is 10.3. The third-order valence-electron chi connectivity index (χ3n) is 1.92. The maximum Gasteiger partial charge on any atom is 0.260 e. The van der Waals surface area contributed by atoms with Gasteiger partial charge in [-0.25, -0.2) is 0 Å². The lowest BCUT2D eigenvalue weighted by molar-refractivity contribution is -0.127. The van der Waals surface area contributed by atoms with Crippen molar-refractivity contribution in [1.82, 2.24) is 5.32 Å². The van der Waals surface area contributed by atoms with Gasteiger partial charge < -0.3 is 10.1 Å². The Labute approximate surface area is 112 Å². The SMILES string of the molecule is CCNC(=O)[C@H](C)Oc1ccc(Br)cc1Br. The van der Waals surface area contributed by atoms with E-state index in [9.17, 15) is 4.79 Å². The molecule has 1 aromatic rings. The molecule has 0 aromatic heterocycles. The summed E-state index contributed by atoms with van der Waals surface area (Å²) >= 11 is 6.73. The fraction of sp³-hybridized carbons (Fsp3) is 0.364. The van der Waals surface area contributed by atoms with E-state index in [0.29, 0.717) is 12.3 Å². The zero-order valence-electron chi connectivity index (χ0n) is 9.09. The second kappa shape index (κ2) is 6.25. The number of halogens is 2. The van der Waals surface area contributed by atoms with Crippen molar-refractivity contribution in [2.45, 2.75) is 20.0 Å². The number of rotatable bonds is 4. The Kier molecular flexibility index (Phi) is 5.28. The third-order valence-corrected chi connectivity index (χ3v) is 3.03. The number of likely N-dealkylation sites (N-methyl/N-ethyl adjacent to an activating group) is 1. The first-order chi connectivity index (χ1) is 7.54. The summed E-state index contributed by atoms with van der Waals surface area (Å²) in [7, 11) is 0. The van der Waals surface area contributed by atoms with Crippen molar-refractivity contribution in [3.05, 3.63) is 27.1 Å². The van der Waals surface area contributed by atoms with E-state index in [1.165, 1.54) is 0 Å². The van der Waals surface area contributed by atoms with E-state index in [1.54, 1.807) is 6.92 Å². The number of carbonyl (C=O) groups is 1. The van der Waals surface area contributed by atoms with Gasteiger partial charge in [-0.3, -0.25) is 4.79 Å². The molecule has 0 aliphatic rings. The molecule has 1 amide bonds. The largest absolute Gasteiger partial charge is 0.480 e. The summed E-state index contributed by atoms with van der Waals surface area (Å²) in [4.78, 5) is 11.5. The minimum atomic E-state index is -0.502. The average Bonchev–Trinajstić information content (AvgIpc) is 2.22. The molecule has 0 aliphatic carbocycles. The van der Waals surface area contributed by atoms with Gasteiger partial charge in [0.15, 0.2) is 6.10 Å². The summed E-state index contributed by atoms with van der Waals surface area (Å²) in [6.07, 6.45) is -0.502. The maximum absolute atomic E-state index is 11.5. The molecule has 88 valence electrons. The maximum atomic E-state index is 11.5. The molecule has 0 heterocycles. The van der Waals surface area contributed by atoms with Crippen LogP contribution in [-0.2, 0) is 4.79 Å². The van der Waals surface area contributed by atoms with Crippen molar-refractivity contribution in [1.29, 1.82) is 0 Å². The van der Waals surface area contributed by atoms with Gasteiger partial charge >= 0.3 is 0 Å². The first-order valence-electron chi connectivity index (χ1n) is 4.94. The molecule has 16 heavy (non-hydrogen) atoms. The highest BCUT2D eigenvalue weighted by Gasteiger charge is 2.14. The molecule has 0 spiro atoms. The van der Waals surface area contributed by atoms with Gasteiger partial charge in [-0.15, -0.1) is 0 Å². The molecule has 5 heteroatoms. The number of benzene rings is 1. The lowest BCUT2D eigenvalue weighted by Crippen LogP contribution is -2.36. The summed E-state index contributed by atoms with van der Waals surface area (Å²) in [5.41, 5.74) is 0. The molecule has 0 fully saturated rings. The zero-order chi connectivity index (χ0) is 12.1. The smallest absolute Gasteiger partial charge is 0.260 e. The van der Waals surface area contributed by atoms with Crippen LogP contribution in [0.1, 0.15) is 13.8 Å². The van der Waals surface area contributed by atoms with Crippen molar-refractivity contribution >= 4 is 37.8 Å². The summed E-state index contributed by atoms with van der Waals surface area (Å²) in [6, 6.07) is 5.55. The van der Waals surface area contributed by atoms with Crippen LogP contribution in [0, 0.1) is 0 Å². The van der Waals surface area contributed by atoms with Crippen LogP contribution >= 0.6 is 31.9 Å². The number of amides is 1. The van der Waals surface area contributed by atoms with Crippen LogP contribution < -0.4 is 10.1 Å². The van der Waals surface area contributed by atoms with Crippen LogP contribution in [0.2, 0.25) is 0 Å². The molecule has 1 N–H and O–H groups in total. The molecule has 0 saturated heterocycles. The van der Waals surface area contributed by atoms with Crippen molar-refractivity contribution in [2.24, 2.45) is 0 Å². The van der Waals surface area contributed by atoms with Gasteiger partial charge in [-0.05, 0) is 48.0 Å². The van der Waals surface area contributed by atoms with Crippen LogP contribution in [-0.4, -0.2) is 18.6 Å².